The van der Waals surface area contributed by atoms with E-state index >= 15 is 0 Å². The van der Waals surface area contributed by atoms with Gasteiger partial charge in [0.05, 0.1) is 6.10 Å². The highest BCUT2D eigenvalue weighted by atomic mass is 32.2. The molecular weight excluding hydrogens is 468 g/mol. The number of nitrogens with one attached hydrogen (secondary N) is 1. The molecule has 5 fully saturated rings. The molecule has 0 aromatic heterocycles. The summed E-state index contributed by atoms with van der Waals surface area (Å²) in [5.41, 5.74) is -0.389. The molecule has 0 spiro atoms. The molecule has 200 valence electrons. The van der Waals surface area contributed by atoms with Gasteiger partial charge in [-0.05, 0) is 110 Å². The van der Waals surface area contributed by atoms with Gasteiger partial charge in [0.2, 0.25) is 5.91 Å². The first kappa shape index (κ1) is 26.2. The van der Waals surface area contributed by atoms with Crippen LogP contribution in [-0.2, 0) is 4.79 Å². The lowest BCUT2D eigenvalue weighted by atomic mass is 9.43. The second kappa shape index (κ2) is 9.72. The molecule has 0 aromatic carbocycles. The molecule has 1 aliphatic heterocycles. The highest BCUT2D eigenvalue weighted by molar-refractivity contribution is 7.99. The van der Waals surface area contributed by atoms with Crippen LogP contribution in [0.25, 0.3) is 0 Å². The van der Waals surface area contributed by atoms with Gasteiger partial charge < -0.3 is 15.5 Å². The van der Waals surface area contributed by atoms with Gasteiger partial charge in [-0.25, -0.2) is 8.78 Å². The molecule has 1 saturated heterocycles. The predicted octanol–water partition coefficient (Wildman–Crippen LogP) is 5.40. The van der Waals surface area contributed by atoms with E-state index < -0.39 is 23.5 Å². The average molecular weight is 514 g/mol. The number of carbonyl (C=O) groups excluding carboxylic acids is 1. The molecule has 4 saturated carbocycles. The number of aliphatic hydroxyl groups excluding tert-OH is 2. The monoisotopic (exact) mass is 513 g/mol. The Labute approximate surface area is 213 Å². The summed E-state index contributed by atoms with van der Waals surface area (Å²) in [5, 5.41) is 24.6. The largest absolute Gasteiger partial charge is 0.393 e. The Balaban J connectivity index is 1.22. The number of amides is 1. The number of rotatable bonds is 5. The summed E-state index contributed by atoms with van der Waals surface area (Å²) < 4.78 is 29.4. The fraction of sp³-hybridized carbons (Fsp3) is 0.964. The predicted molar refractivity (Wildman–Crippen MR) is 135 cm³/mol. The van der Waals surface area contributed by atoms with E-state index in [1.165, 1.54) is 12.2 Å². The molecule has 1 amide bonds. The number of hydrogen-bond acceptors (Lipinski definition) is 4. The van der Waals surface area contributed by atoms with Gasteiger partial charge in [0.1, 0.15) is 6.10 Å². The molecule has 3 N–H and O–H groups in total. The van der Waals surface area contributed by atoms with E-state index in [0.717, 1.165) is 50.7 Å². The molecule has 35 heavy (non-hydrogen) atoms. The molecule has 10 unspecified atom stereocenters. The SMILES string of the molecule is CC12CCC3C(C(O)CC4CC(O)C(F)(F)CC43C)C1CCC2CCCC(=O)NC1CCCSC1. The smallest absolute Gasteiger partial charge is 0.274 e. The van der Waals surface area contributed by atoms with Crippen molar-refractivity contribution in [3.63, 3.8) is 0 Å². The molecule has 5 rings (SSSR count). The molecule has 4 aliphatic carbocycles. The van der Waals surface area contributed by atoms with Gasteiger partial charge in [-0.1, -0.05) is 13.8 Å². The first-order valence-electron chi connectivity index (χ1n) is 14.2. The Hall–Kier alpha value is -0.400. The fourth-order valence-electron chi connectivity index (χ4n) is 9.48. The topological polar surface area (TPSA) is 69.6 Å². The van der Waals surface area contributed by atoms with Crippen molar-refractivity contribution in [2.24, 2.45) is 40.4 Å². The number of halogens is 2. The van der Waals surface area contributed by atoms with E-state index in [1.807, 2.05) is 18.7 Å². The van der Waals surface area contributed by atoms with Crippen LogP contribution in [0.5, 0.6) is 0 Å². The van der Waals surface area contributed by atoms with Crippen molar-refractivity contribution >= 4 is 17.7 Å². The van der Waals surface area contributed by atoms with Crippen LogP contribution in [0, 0.1) is 40.4 Å². The fourth-order valence-corrected chi connectivity index (χ4v) is 10.5. The van der Waals surface area contributed by atoms with Crippen molar-refractivity contribution in [2.75, 3.05) is 11.5 Å². The molecule has 4 nitrogen and oxygen atoms in total. The number of thioether (sulfide) groups is 1. The van der Waals surface area contributed by atoms with Gasteiger partial charge in [0, 0.05) is 24.6 Å². The lowest BCUT2D eigenvalue weighted by molar-refractivity contribution is -0.235. The lowest BCUT2D eigenvalue weighted by Crippen LogP contribution is -2.61. The van der Waals surface area contributed by atoms with Gasteiger partial charge in [-0.15, -0.1) is 0 Å². The van der Waals surface area contributed by atoms with Gasteiger partial charge in [0.15, 0.2) is 0 Å². The standard InChI is InChI=1S/C28H45F2NO3S/c1-26-11-10-21-25(22(32)13-18-14-23(33)28(29,30)16-27(18,21)2)20(26)9-8-17(26)5-3-7-24(34)31-19-6-4-12-35-15-19/h17-23,25,32-33H,3-16H2,1-2H3,(H,31,34). The van der Waals surface area contributed by atoms with Crippen molar-refractivity contribution in [2.45, 2.75) is 115 Å². The van der Waals surface area contributed by atoms with Gasteiger partial charge in [-0.3, -0.25) is 4.79 Å². The van der Waals surface area contributed by atoms with E-state index in [1.54, 1.807) is 0 Å². The summed E-state index contributed by atoms with van der Waals surface area (Å²) >= 11 is 1.93. The average Bonchev–Trinajstić information content (AvgIpc) is 3.13. The van der Waals surface area contributed by atoms with E-state index in [4.69, 9.17) is 0 Å². The Morgan fingerprint density at radius 2 is 1.83 bits per heavy atom. The zero-order valence-electron chi connectivity index (χ0n) is 21.5. The third-order valence-corrected chi connectivity index (χ3v) is 12.6. The normalized spacial score (nSPS) is 49.0. The third kappa shape index (κ3) is 4.69. The molecule has 1 heterocycles. The molecule has 0 bridgehead atoms. The number of fused-ring (bicyclic) bond motifs is 5. The van der Waals surface area contributed by atoms with Crippen LogP contribution in [0.4, 0.5) is 8.78 Å². The molecule has 5 aliphatic rings. The lowest BCUT2D eigenvalue weighted by Gasteiger charge is -2.63. The van der Waals surface area contributed by atoms with Gasteiger partial charge >= 0.3 is 0 Å². The van der Waals surface area contributed by atoms with Crippen molar-refractivity contribution in [1.82, 2.24) is 5.32 Å². The second-order valence-electron chi connectivity index (χ2n) is 13.2. The van der Waals surface area contributed by atoms with Crippen molar-refractivity contribution in [3.8, 4) is 0 Å². The third-order valence-electron chi connectivity index (χ3n) is 11.4. The maximum atomic E-state index is 14.7. The highest BCUT2D eigenvalue weighted by Crippen LogP contribution is 2.68. The van der Waals surface area contributed by atoms with Crippen LogP contribution in [-0.4, -0.2) is 51.8 Å². The maximum absolute atomic E-state index is 14.7. The molecule has 7 heteroatoms. The van der Waals surface area contributed by atoms with Gasteiger partial charge in [0.25, 0.3) is 5.92 Å². The summed E-state index contributed by atoms with van der Waals surface area (Å²) in [5.74, 6) is 0.445. The Morgan fingerprint density at radius 3 is 2.57 bits per heavy atom. The first-order valence-corrected chi connectivity index (χ1v) is 15.3. The highest BCUT2D eigenvalue weighted by Gasteiger charge is 2.65. The van der Waals surface area contributed by atoms with E-state index in [2.05, 4.69) is 12.2 Å². The van der Waals surface area contributed by atoms with Crippen LogP contribution in [0.2, 0.25) is 0 Å². The summed E-state index contributed by atoms with van der Waals surface area (Å²) in [6.07, 6.45) is 7.27. The second-order valence-corrected chi connectivity index (χ2v) is 14.3. The van der Waals surface area contributed by atoms with Crippen molar-refractivity contribution in [3.05, 3.63) is 0 Å². The van der Waals surface area contributed by atoms with Crippen LogP contribution in [0.3, 0.4) is 0 Å². The Kier molecular flexibility index (Phi) is 7.28. The molecule has 10 atom stereocenters. The molecule has 0 radical (unpaired) electrons. The van der Waals surface area contributed by atoms with Crippen LogP contribution in [0.1, 0.15) is 90.9 Å². The minimum atomic E-state index is -3.03. The first-order chi connectivity index (χ1) is 16.5. The number of hydrogen-bond donors (Lipinski definition) is 3. The van der Waals surface area contributed by atoms with Crippen molar-refractivity contribution < 1.29 is 23.8 Å². The van der Waals surface area contributed by atoms with E-state index in [-0.39, 0.29) is 41.9 Å². The summed E-state index contributed by atoms with van der Waals surface area (Å²) in [6, 6.07) is 0.330. The molecule has 0 aromatic rings. The summed E-state index contributed by atoms with van der Waals surface area (Å²) in [4.78, 5) is 12.5. The van der Waals surface area contributed by atoms with E-state index in [0.29, 0.717) is 30.7 Å². The minimum absolute atomic E-state index is 0.0315. The number of aliphatic hydroxyl groups is 2. The minimum Gasteiger partial charge on any atom is -0.393 e. The van der Waals surface area contributed by atoms with Crippen molar-refractivity contribution in [1.29, 1.82) is 0 Å². The zero-order valence-corrected chi connectivity index (χ0v) is 22.3. The number of alkyl halides is 2. The van der Waals surface area contributed by atoms with Crippen LogP contribution >= 0.6 is 11.8 Å². The quantitative estimate of drug-likeness (QED) is 0.460. The maximum Gasteiger partial charge on any atom is 0.274 e. The van der Waals surface area contributed by atoms with Crippen LogP contribution in [0.15, 0.2) is 0 Å². The zero-order chi connectivity index (χ0) is 25.0. The summed E-state index contributed by atoms with van der Waals surface area (Å²) in [6.45, 7) is 4.41. The summed E-state index contributed by atoms with van der Waals surface area (Å²) in [7, 11) is 0. The van der Waals surface area contributed by atoms with E-state index in [9.17, 15) is 23.8 Å². The number of carbonyl (C=O) groups is 1. The molecular formula is C28H45F2NO3S. The Morgan fingerprint density at radius 1 is 1.06 bits per heavy atom. The van der Waals surface area contributed by atoms with Crippen LogP contribution < -0.4 is 5.32 Å². The van der Waals surface area contributed by atoms with Gasteiger partial charge in [-0.2, -0.15) is 11.8 Å². The Bertz CT molecular complexity index is 792.